The van der Waals surface area contributed by atoms with Crippen molar-refractivity contribution in [2.75, 3.05) is 0 Å². The minimum atomic E-state index is 0. The molecular formula is HAl2ClMo. The van der Waals surface area contributed by atoms with Crippen LogP contribution >= 0.6 is 12.4 Å². The van der Waals surface area contributed by atoms with Crippen molar-refractivity contribution < 1.29 is 21.1 Å². The van der Waals surface area contributed by atoms with Crippen molar-refractivity contribution in [2.45, 2.75) is 0 Å². The summed E-state index contributed by atoms with van der Waals surface area (Å²) in [4.78, 5) is 0. The van der Waals surface area contributed by atoms with E-state index < -0.39 is 0 Å². The summed E-state index contributed by atoms with van der Waals surface area (Å²) in [6, 6.07) is 0. The summed E-state index contributed by atoms with van der Waals surface area (Å²) in [5, 5.41) is 0. The van der Waals surface area contributed by atoms with Gasteiger partial charge in [0.25, 0.3) is 0 Å². The molecule has 0 rings (SSSR count). The molecule has 0 saturated heterocycles. The van der Waals surface area contributed by atoms with Gasteiger partial charge in [-0.05, 0) is 0 Å². The van der Waals surface area contributed by atoms with Crippen LogP contribution in [0.25, 0.3) is 0 Å². The molecule has 0 aromatic carbocycles. The van der Waals surface area contributed by atoms with Crippen LogP contribution in [0.15, 0.2) is 0 Å². The molecule has 4 heteroatoms. The Kier molecular flexibility index (Phi) is 182. The van der Waals surface area contributed by atoms with Crippen LogP contribution in [-0.4, -0.2) is 34.7 Å². The summed E-state index contributed by atoms with van der Waals surface area (Å²) in [5.74, 6) is 0. The third kappa shape index (κ3) is 8.97. The van der Waals surface area contributed by atoms with E-state index in [0.29, 0.717) is 0 Å². The number of hydrogen-bond acceptors (Lipinski definition) is 0. The number of hydrogen-bond donors (Lipinski definition) is 0. The quantitative estimate of drug-likeness (QED) is 0.454. The van der Waals surface area contributed by atoms with Gasteiger partial charge in [0, 0.05) is 55.8 Å². The van der Waals surface area contributed by atoms with Gasteiger partial charge in [0.1, 0.15) is 0 Å². The molecule has 6 radical (unpaired) electrons. The van der Waals surface area contributed by atoms with Gasteiger partial charge in [-0.1, -0.05) is 0 Å². The first kappa shape index (κ1) is 36.8. The Bertz CT molecular complexity index is 6.00. The largest absolute Gasteiger partial charge is 0.147 e. The summed E-state index contributed by atoms with van der Waals surface area (Å²) < 4.78 is 0. The van der Waals surface area contributed by atoms with Crippen molar-refractivity contribution in [1.82, 2.24) is 0 Å². The molecule has 0 aliphatic rings. The summed E-state index contributed by atoms with van der Waals surface area (Å²) in [5.41, 5.74) is 0. The molecule has 0 unspecified atom stereocenters. The molecule has 0 aromatic rings. The normalized spacial score (nSPS) is 0. The van der Waals surface area contributed by atoms with Crippen molar-refractivity contribution in [3.05, 3.63) is 0 Å². The zero-order chi connectivity index (χ0) is 0. The second kappa shape index (κ2) is 19.7. The SMILES string of the molecule is Cl.[Al].[Al].[Mo]. The molecule has 20 valence electrons. The van der Waals surface area contributed by atoms with E-state index in [4.69, 9.17) is 0 Å². The standard InChI is InChI=1S/2Al.ClH.Mo/h;;1H;. The molecule has 0 nitrogen and oxygen atoms in total. The van der Waals surface area contributed by atoms with E-state index in [-0.39, 0.29) is 68.2 Å². The second-order valence-corrected chi connectivity index (χ2v) is 0. The van der Waals surface area contributed by atoms with Crippen molar-refractivity contribution in [3.63, 3.8) is 0 Å². The van der Waals surface area contributed by atoms with E-state index in [1.54, 1.807) is 0 Å². The third-order valence-electron chi connectivity index (χ3n) is 0. The molecule has 0 spiro atoms. The predicted molar refractivity (Wildman–Crippen MR) is 18.8 cm³/mol. The van der Waals surface area contributed by atoms with Crippen LogP contribution in [0.2, 0.25) is 0 Å². The van der Waals surface area contributed by atoms with Gasteiger partial charge in [0.05, 0.1) is 0 Å². The molecule has 0 atom stereocenters. The van der Waals surface area contributed by atoms with E-state index >= 15 is 0 Å². The van der Waals surface area contributed by atoms with Gasteiger partial charge in [0.15, 0.2) is 0 Å². The minimum Gasteiger partial charge on any atom is -0.147 e. The zero-order valence-electron chi connectivity index (χ0n) is 1.97. The Morgan fingerprint density at radius 2 is 0.750 bits per heavy atom. The summed E-state index contributed by atoms with van der Waals surface area (Å²) in [6.07, 6.45) is 0. The van der Waals surface area contributed by atoms with Crippen LogP contribution in [0.1, 0.15) is 0 Å². The first-order valence-electron chi connectivity index (χ1n) is 0. The average molecular weight is 186 g/mol. The monoisotopic (exact) mass is 188 g/mol. The maximum absolute atomic E-state index is 0. The fourth-order valence-electron chi connectivity index (χ4n) is 0. The van der Waals surface area contributed by atoms with Crippen LogP contribution in [-0.2, 0) is 21.1 Å². The van der Waals surface area contributed by atoms with Gasteiger partial charge in [-0.2, -0.15) is 0 Å². The maximum Gasteiger partial charge on any atom is 0 e. The van der Waals surface area contributed by atoms with Gasteiger partial charge in [-0.3, -0.25) is 0 Å². The topological polar surface area (TPSA) is 0 Å². The van der Waals surface area contributed by atoms with Crippen molar-refractivity contribution in [2.24, 2.45) is 0 Å². The smallest absolute Gasteiger partial charge is 0 e. The van der Waals surface area contributed by atoms with Crippen molar-refractivity contribution >= 4 is 47.1 Å². The van der Waals surface area contributed by atoms with Gasteiger partial charge >= 0.3 is 0 Å². The zero-order valence-corrected chi connectivity index (χ0v) is 7.10. The van der Waals surface area contributed by atoms with E-state index in [0.717, 1.165) is 0 Å². The molecule has 0 N–H and O–H groups in total. The molecule has 4 heavy (non-hydrogen) atoms. The fourth-order valence-corrected chi connectivity index (χ4v) is 0. The van der Waals surface area contributed by atoms with E-state index in [9.17, 15) is 0 Å². The van der Waals surface area contributed by atoms with Gasteiger partial charge in [0.2, 0.25) is 0 Å². The summed E-state index contributed by atoms with van der Waals surface area (Å²) >= 11 is 0. The van der Waals surface area contributed by atoms with Crippen LogP contribution < -0.4 is 0 Å². The molecule has 0 fully saturated rings. The number of rotatable bonds is 0. The Hall–Kier alpha value is 2.04. The van der Waals surface area contributed by atoms with Crippen LogP contribution in [0.4, 0.5) is 0 Å². The Labute approximate surface area is 67.7 Å². The van der Waals surface area contributed by atoms with Gasteiger partial charge < -0.3 is 0 Å². The van der Waals surface area contributed by atoms with E-state index in [1.807, 2.05) is 0 Å². The van der Waals surface area contributed by atoms with E-state index in [1.165, 1.54) is 0 Å². The Balaban J connectivity index is 0. The second-order valence-electron chi connectivity index (χ2n) is 0. The molecule has 0 aliphatic heterocycles. The van der Waals surface area contributed by atoms with Gasteiger partial charge in [-0.25, -0.2) is 0 Å². The van der Waals surface area contributed by atoms with Crippen LogP contribution in [0.5, 0.6) is 0 Å². The van der Waals surface area contributed by atoms with Crippen LogP contribution in [0.3, 0.4) is 0 Å². The molecule has 0 bridgehead atoms. The fraction of sp³-hybridized carbons (Fsp3) is 0. The minimum absolute atomic E-state index is 0. The number of halogens is 1. The molecule has 0 saturated carbocycles. The molecule has 0 aliphatic carbocycles. The average Bonchev–Trinajstić information content (AvgIpc) is 0. The first-order chi connectivity index (χ1) is 0. The summed E-state index contributed by atoms with van der Waals surface area (Å²) in [6.45, 7) is 0. The molecule has 0 amide bonds. The Morgan fingerprint density at radius 3 is 0.750 bits per heavy atom. The third-order valence-corrected chi connectivity index (χ3v) is 0. The van der Waals surface area contributed by atoms with Crippen molar-refractivity contribution in [3.8, 4) is 0 Å². The summed E-state index contributed by atoms with van der Waals surface area (Å²) in [7, 11) is 0. The molecular weight excluding hydrogens is 185 g/mol. The van der Waals surface area contributed by atoms with Crippen molar-refractivity contribution in [1.29, 1.82) is 0 Å². The Morgan fingerprint density at radius 1 is 0.750 bits per heavy atom. The van der Waals surface area contributed by atoms with Gasteiger partial charge in [-0.15, -0.1) is 12.4 Å². The molecule has 0 aromatic heterocycles. The molecule has 0 heterocycles. The van der Waals surface area contributed by atoms with E-state index in [2.05, 4.69) is 0 Å². The predicted octanol–water partition coefficient (Wildman–Crippen LogP) is -0.342. The van der Waals surface area contributed by atoms with Crippen LogP contribution in [0, 0.1) is 0 Å². The maximum atomic E-state index is 0. The first-order valence-corrected chi connectivity index (χ1v) is 0.